The number of aromatic nitrogens is 2. The van der Waals surface area contributed by atoms with E-state index in [1.54, 1.807) is 17.0 Å². The Labute approximate surface area is 152 Å². The van der Waals surface area contributed by atoms with Crippen molar-refractivity contribution in [3.05, 3.63) is 87.4 Å². The van der Waals surface area contributed by atoms with Gasteiger partial charge in [-0.05, 0) is 35.2 Å². The second kappa shape index (κ2) is 7.53. The zero-order valence-corrected chi connectivity index (χ0v) is 15.0. The van der Waals surface area contributed by atoms with Crippen molar-refractivity contribution >= 4 is 17.4 Å². The van der Waals surface area contributed by atoms with Crippen LogP contribution in [0.25, 0.3) is 5.69 Å². The molecule has 128 valence electrons. The molecule has 1 heterocycles. The third-order valence-corrected chi connectivity index (χ3v) is 4.45. The molecule has 0 unspecified atom stereocenters. The van der Waals surface area contributed by atoms with E-state index in [2.05, 4.69) is 24.1 Å². The van der Waals surface area contributed by atoms with E-state index in [1.165, 1.54) is 5.56 Å². The van der Waals surface area contributed by atoms with E-state index in [1.807, 2.05) is 48.5 Å². The SMILES string of the molecule is CC(C)c1ccc(-n2ccnc(NCc3ccccc3Cl)c2=O)cc1. The second-order valence-corrected chi connectivity index (χ2v) is 6.55. The zero-order valence-electron chi connectivity index (χ0n) is 14.2. The average Bonchev–Trinajstić information content (AvgIpc) is 2.62. The Morgan fingerprint density at radius 1 is 1.12 bits per heavy atom. The van der Waals surface area contributed by atoms with Crippen molar-refractivity contribution in [3.8, 4) is 5.69 Å². The maximum Gasteiger partial charge on any atom is 0.297 e. The van der Waals surface area contributed by atoms with Gasteiger partial charge in [-0.15, -0.1) is 0 Å². The molecule has 0 aliphatic rings. The maximum absolute atomic E-state index is 12.7. The molecule has 2 aromatic carbocycles. The van der Waals surface area contributed by atoms with Crippen LogP contribution in [0.5, 0.6) is 0 Å². The molecule has 3 rings (SSSR count). The summed E-state index contributed by atoms with van der Waals surface area (Å²) >= 11 is 6.15. The highest BCUT2D eigenvalue weighted by Crippen LogP contribution is 2.17. The molecule has 0 fully saturated rings. The van der Waals surface area contributed by atoms with Gasteiger partial charge in [0.15, 0.2) is 5.82 Å². The lowest BCUT2D eigenvalue weighted by Crippen LogP contribution is -2.23. The highest BCUT2D eigenvalue weighted by atomic mass is 35.5. The van der Waals surface area contributed by atoms with E-state index in [0.717, 1.165) is 11.3 Å². The molecule has 0 aliphatic heterocycles. The Morgan fingerprint density at radius 3 is 2.52 bits per heavy atom. The van der Waals surface area contributed by atoms with Crippen LogP contribution >= 0.6 is 11.6 Å². The van der Waals surface area contributed by atoms with Crippen LogP contribution in [0.3, 0.4) is 0 Å². The van der Waals surface area contributed by atoms with Gasteiger partial charge in [-0.25, -0.2) is 4.98 Å². The van der Waals surface area contributed by atoms with Crippen molar-refractivity contribution in [1.82, 2.24) is 9.55 Å². The summed E-state index contributed by atoms with van der Waals surface area (Å²) in [5.74, 6) is 0.756. The van der Waals surface area contributed by atoms with E-state index in [-0.39, 0.29) is 5.56 Å². The van der Waals surface area contributed by atoms with E-state index in [0.29, 0.717) is 23.3 Å². The fraction of sp³-hybridized carbons (Fsp3) is 0.200. The van der Waals surface area contributed by atoms with Crippen molar-refractivity contribution < 1.29 is 0 Å². The molecule has 0 saturated heterocycles. The van der Waals surface area contributed by atoms with Crippen LogP contribution in [0.4, 0.5) is 5.82 Å². The highest BCUT2D eigenvalue weighted by Gasteiger charge is 2.08. The van der Waals surface area contributed by atoms with Gasteiger partial charge in [-0.1, -0.05) is 55.8 Å². The molecule has 0 amide bonds. The van der Waals surface area contributed by atoms with Gasteiger partial charge >= 0.3 is 0 Å². The van der Waals surface area contributed by atoms with Crippen molar-refractivity contribution in [2.45, 2.75) is 26.3 Å². The molecular formula is C20H20ClN3O. The van der Waals surface area contributed by atoms with Gasteiger partial charge in [0, 0.05) is 29.6 Å². The Kier molecular flexibility index (Phi) is 5.19. The summed E-state index contributed by atoms with van der Waals surface area (Å²) in [5.41, 5.74) is 2.79. The first-order chi connectivity index (χ1) is 12.1. The summed E-state index contributed by atoms with van der Waals surface area (Å²) in [6, 6.07) is 15.5. The third kappa shape index (κ3) is 3.91. The lowest BCUT2D eigenvalue weighted by atomic mass is 10.0. The van der Waals surface area contributed by atoms with Crippen LogP contribution in [0, 0.1) is 0 Å². The van der Waals surface area contributed by atoms with Gasteiger partial charge in [-0.2, -0.15) is 0 Å². The normalized spacial score (nSPS) is 10.9. The molecule has 0 spiro atoms. The fourth-order valence-corrected chi connectivity index (χ4v) is 2.78. The van der Waals surface area contributed by atoms with E-state index in [9.17, 15) is 4.79 Å². The van der Waals surface area contributed by atoms with Crippen molar-refractivity contribution in [2.75, 3.05) is 5.32 Å². The van der Waals surface area contributed by atoms with Gasteiger partial charge in [-0.3, -0.25) is 9.36 Å². The lowest BCUT2D eigenvalue weighted by molar-refractivity contribution is 0.863. The Balaban J connectivity index is 1.85. The molecule has 1 N–H and O–H groups in total. The number of hydrogen-bond donors (Lipinski definition) is 1. The second-order valence-electron chi connectivity index (χ2n) is 6.14. The molecular weight excluding hydrogens is 334 g/mol. The predicted octanol–water partition coefficient (Wildman–Crippen LogP) is 4.62. The standard InChI is InChI=1S/C20H20ClN3O/c1-14(2)15-7-9-17(10-8-15)24-12-11-22-19(20(24)25)23-13-16-5-3-4-6-18(16)21/h3-12,14H,13H2,1-2H3,(H,22,23). The molecule has 0 bridgehead atoms. The van der Waals surface area contributed by atoms with Gasteiger partial charge < -0.3 is 5.32 Å². The minimum Gasteiger partial charge on any atom is -0.361 e. The van der Waals surface area contributed by atoms with E-state index >= 15 is 0 Å². The van der Waals surface area contributed by atoms with Gasteiger partial charge in [0.25, 0.3) is 5.56 Å². The largest absolute Gasteiger partial charge is 0.361 e. The first kappa shape index (κ1) is 17.2. The van der Waals surface area contributed by atoms with Crippen LogP contribution < -0.4 is 10.9 Å². The van der Waals surface area contributed by atoms with Crippen LogP contribution in [0.1, 0.15) is 30.9 Å². The number of anilines is 1. The topological polar surface area (TPSA) is 46.9 Å². The lowest BCUT2D eigenvalue weighted by Gasteiger charge is -2.11. The minimum absolute atomic E-state index is 0.188. The van der Waals surface area contributed by atoms with Crippen LogP contribution in [-0.2, 0) is 6.54 Å². The van der Waals surface area contributed by atoms with E-state index in [4.69, 9.17) is 11.6 Å². The summed E-state index contributed by atoms with van der Waals surface area (Å²) in [7, 11) is 0. The smallest absolute Gasteiger partial charge is 0.297 e. The minimum atomic E-state index is -0.188. The molecule has 5 heteroatoms. The van der Waals surface area contributed by atoms with Gasteiger partial charge in [0.1, 0.15) is 0 Å². The molecule has 0 atom stereocenters. The molecule has 4 nitrogen and oxygen atoms in total. The van der Waals surface area contributed by atoms with Crippen molar-refractivity contribution in [2.24, 2.45) is 0 Å². The van der Waals surface area contributed by atoms with Crippen LogP contribution in [0.2, 0.25) is 5.02 Å². The summed E-state index contributed by atoms with van der Waals surface area (Å²) in [6.45, 7) is 4.73. The summed E-state index contributed by atoms with van der Waals surface area (Å²) in [6.07, 6.45) is 3.29. The first-order valence-corrected chi connectivity index (χ1v) is 8.59. The number of nitrogens with zero attached hydrogens (tertiary/aromatic N) is 2. The Hall–Kier alpha value is -2.59. The van der Waals surface area contributed by atoms with Crippen LogP contribution in [0.15, 0.2) is 65.7 Å². The van der Waals surface area contributed by atoms with Gasteiger partial charge in [0.2, 0.25) is 0 Å². The predicted molar refractivity (Wildman–Crippen MR) is 103 cm³/mol. The Bertz CT molecular complexity index is 917. The van der Waals surface area contributed by atoms with E-state index < -0.39 is 0 Å². The number of hydrogen-bond acceptors (Lipinski definition) is 3. The van der Waals surface area contributed by atoms with Crippen molar-refractivity contribution in [1.29, 1.82) is 0 Å². The number of rotatable bonds is 5. The van der Waals surface area contributed by atoms with Crippen molar-refractivity contribution in [3.63, 3.8) is 0 Å². The summed E-state index contributed by atoms with van der Waals surface area (Å²) < 4.78 is 1.59. The quantitative estimate of drug-likeness (QED) is 0.728. The molecule has 1 aromatic heterocycles. The maximum atomic E-state index is 12.7. The number of nitrogens with one attached hydrogen (secondary N) is 1. The summed E-state index contributed by atoms with van der Waals surface area (Å²) in [4.78, 5) is 16.9. The Morgan fingerprint density at radius 2 is 1.84 bits per heavy atom. The highest BCUT2D eigenvalue weighted by molar-refractivity contribution is 6.31. The third-order valence-electron chi connectivity index (χ3n) is 4.08. The molecule has 3 aromatic rings. The fourth-order valence-electron chi connectivity index (χ4n) is 2.58. The first-order valence-electron chi connectivity index (χ1n) is 8.21. The number of halogens is 1. The molecule has 25 heavy (non-hydrogen) atoms. The van der Waals surface area contributed by atoms with Crippen LogP contribution in [-0.4, -0.2) is 9.55 Å². The molecule has 0 saturated carbocycles. The average molecular weight is 354 g/mol. The molecule has 0 radical (unpaired) electrons. The number of benzene rings is 2. The monoisotopic (exact) mass is 353 g/mol. The molecule has 0 aliphatic carbocycles. The van der Waals surface area contributed by atoms with Gasteiger partial charge in [0.05, 0.1) is 0 Å². The zero-order chi connectivity index (χ0) is 17.8. The summed E-state index contributed by atoms with van der Waals surface area (Å²) in [5, 5.41) is 3.74.